The molecule has 1 fully saturated rings. The van der Waals surface area contributed by atoms with Crippen molar-refractivity contribution in [3.05, 3.63) is 0 Å². The predicted molar refractivity (Wildman–Crippen MR) is 72.9 cm³/mol. The maximum atomic E-state index is 11.1. The summed E-state index contributed by atoms with van der Waals surface area (Å²) in [5.41, 5.74) is 0. The van der Waals surface area contributed by atoms with Gasteiger partial charge in [-0.1, -0.05) is 13.8 Å². The van der Waals surface area contributed by atoms with Gasteiger partial charge in [-0.15, -0.1) is 0 Å². The van der Waals surface area contributed by atoms with Crippen LogP contribution in [0, 0.1) is 0 Å². The molecule has 1 unspecified atom stereocenters. The number of nitrogens with zero attached hydrogens (tertiary/aromatic N) is 2. The van der Waals surface area contributed by atoms with Gasteiger partial charge in [0.05, 0.1) is 0 Å². The van der Waals surface area contributed by atoms with E-state index in [4.69, 9.17) is 5.11 Å². The number of piperazine rings is 1. The van der Waals surface area contributed by atoms with Crippen molar-refractivity contribution in [2.75, 3.05) is 45.8 Å². The number of hydrogen-bond donors (Lipinski definition) is 2. The summed E-state index contributed by atoms with van der Waals surface area (Å²) >= 11 is 0. The van der Waals surface area contributed by atoms with Crippen molar-refractivity contribution in [3.63, 3.8) is 0 Å². The maximum absolute atomic E-state index is 11.1. The summed E-state index contributed by atoms with van der Waals surface area (Å²) in [6.07, 6.45) is 2.16. The molecular weight excluding hydrogens is 230 g/mol. The Bertz CT molecular complexity index is 240. The number of carboxylic acids is 1. The monoisotopic (exact) mass is 257 g/mol. The minimum Gasteiger partial charge on any atom is -0.480 e. The molecule has 1 aliphatic heterocycles. The summed E-state index contributed by atoms with van der Waals surface area (Å²) in [7, 11) is 0. The lowest BCUT2D eigenvalue weighted by atomic mass is 10.2. The van der Waals surface area contributed by atoms with Crippen LogP contribution >= 0.6 is 0 Å². The van der Waals surface area contributed by atoms with Crippen LogP contribution in [-0.2, 0) is 4.79 Å². The van der Waals surface area contributed by atoms with Gasteiger partial charge in [-0.3, -0.25) is 9.69 Å². The quantitative estimate of drug-likeness (QED) is 0.662. The highest BCUT2D eigenvalue weighted by molar-refractivity contribution is 5.73. The highest BCUT2D eigenvalue weighted by Crippen LogP contribution is 2.03. The molecule has 1 heterocycles. The summed E-state index contributed by atoms with van der Waals surface area (Å²) in [5, 5.41) is 12.3. The minimum absolute atomic E-state index is 0.428. The molecule has 0 aromatic heterocycles. The van der Waals surface area contributed by atoms with E-state index in [0.29, 0.717) is 6.54 Å². The first kappa shape index (κ1) is 15.4. The summed E-state index contributed by atoms with van der Waals surface area (Å²) in [6.45, 7) is 10.9. The molecule has 0 aromatic rings. The van der Waals surface area contributed by atoms with Crippen LogP contribution in [0.2, 0.25) is 0 Å². The molecule has 1 atom stereocenters. The van der Waals surface area contributed by atoms with Crippen molar-refractivity contribution >= 4 is 5.97 Å². The topological polar surface area (TPSA) is 55.8 Å². The number of carbonyl (C=O) groups is 1. The molecule has 0 radical (unpaired) electrons. The summed E-state index contributed by atoms with van der Waals surface area (Å²) in [4.78, 5) is 15.9. The average Bonchev–Trinajstić information content (AvgIpc) is 2.36. The van der Waals surface area contributed by atoms with Crippen LogP contribution in [0.5, 0.6) is 0 Å². The lowest BCUT2D eigenvalue weighted by Gasteiger charge is -2.35. The molecule has 0 saturated carbocycles. The second-order valence-corrected chi connectivity index (χ2v) is 4.99. The number of carboxylic acid groups (broad SMARTS) is 1. The maximum Gasteiger partial charge on any atom is 0.322 e. The largest absolute Gasteiger partial charge is 0.480 e. The Balaban J connectivity index is 2.30. The summed E-state index contributed by atoms with van der Waals surface area (Å²) in [5.74, 6) is -0.737. The fourth-order valence-corrected chi connectivity index (χ4v) is 2.32. The normalized spacial score (nSPS) is 19.9. The van der Waals surface area contributed by atoms with E-state index >= 15 is 0 Å². The first-order valence-electron chi connectivity index (χ1n) is 7.08. The first-order valence-corrected chi connectivity index (χ1v) is 7.08. The third kappa shape index (κ3) is 5.33. The second-order valence-electron chi connectivity index (χ2n) is 4.99. The fraction of sp³-hybridized carbons (Fsp3) is 0.923. The van der Waals surface area contributed by atoms with Gasteiger partial charge in [0.1, 0.15) is 6.04 Å². The van der Waals surface area contributed by atoms with E-state index in [0.717, 1.165) is 45.7 Å². The van der Waals surface area contributed by atoms with Gasteiger partial charge in [-0.25, -0.2) is 0 Å². The molecule has 1 saturated heterocycles. The Labute approximate surface area is 110 Å². The van der Waals surface area contributed by atoms with Gasteiger partial charge in [0.15, 0.2) is 0 Å². The second kappa shape index (κ2) is 8.45. The molecule has 1 rings (SSSR count). The summed E-state index contributed by atoms with van der Waals surface area (Å²) < 4.78 is 0. The van der Waals surface area contributed by atoms with Gasteiger partial charge in [-0.2, -0.15) is 0 Å². The van der Waals surface area contributed by atoms with Crippen molar-refractivity contribution in [3.8, 4) is 0 Å². The molecule has 106 valence electrons. The zero-order valence-electron chi connectivity index (χ0n) is 11.7. The standard InChI is InChI=1S/C13H27N3O2/c1-3-5-14-12(13(17)18)11-16-9-7-15(6-4-2)8-10-16/h12,14H,3-11H2,1-2H3,(H,17,18). The van der Waals surface area contributed by atoms with Crippen LogP contribution < -0.4 is 5.32 Å². The van der Waals surface area contributed by atoms with E-state index in [1.165, 1.54) is 6.42 Å². The van der Waals surface area contributed by atoms with Crippen LogP contribution in [0.3, 0.4) is 0 Å². The van der Waals surface area contributed by atoms with Crippen molar-refractivity contribution in [2.24, 2.45) is 0 Å². The van der Waals surface area contributed by atoms with E-state index in [1.807, 2.05) is 0 Å². The van der Waals surface area contributed by atoms with Gasteiger partial charge in [0, 0.05) is 32.7 Å². The van der Waals surface area contributed by atoms with Gasteiger partial charge >= 0.3 is 5.97 Å². The van der Waals surface area contributed by atoms with Crippen LogP contribution in [0.1, 0.15) is 26.7 Å². The third-order valence-corrected chi connectivity index (χ3v) is 3.38. The molecule has 0 aromatic carbocycles. The fourth-order valence-electron chi connectivity index (χ4n) is 2.32. The third-order valence-electron chi connectivity index (χ3n) is 3.38. The predicted octanol–water partition coefficient (Wildman–Crippen LogP) is 0.467. The van der Waals surface area contributed by atoms with E-state index in [2.05, 4.69) is 29.0 Å². The number of nitrogens with one attached hydrogen (secondary N) is 1. The zero-order chi connectivity index (χ0) is 13.4. The molecule has 18 heavy (non-hydrogen) atoms. The van der Waals surface area contributed by atoms with Gasteiger partial charge in [0.2, 0.25) is 0 Å². The molecule has 1 aliphatic rings. The molecule has 2 N–H and O–H groups in total. The Kier molecular flexibility index (Phi) is 7.23. The molecular formula is C13H27N3O2. The van der Waals surface area contributed by atoms with Crippen molar-refractivity contribution in [2.45, 2.75) is 32.7 Å². The lowest BCUT2D eigenvalue weighted by Crippen LogP contribution is -2.52. The highest BCUT2D eigenvalue weighted by atomic mass is 16.4. The summed E-state index contributed by atoms with van der Waals surface area (Å²) in [6, 6.07) is -0.428. The molecule has 5 heteroatoms. The number of hydrogen-bond acceptors (Lipinski definition) is 4. The Hall–Kier alpha value is -0.650. The molecule has 0 amide bonds. The van der Waals surface area contributed by atoms with E-state index < -0.39 is 12.0 Å². The van der Waals surface area contributed by atoms with Gasteiger partial charge in [0.25, 0.3) is 0 Å². The molecule has 0 aliphatic carbocycles. The van der Waals surface area contributed by atoms with E-state index in [9.17, 15) is 4.79 Å². The minimum atomic E-state index is -0.737. The van der Waals surface area contributed by atoms with Crippen molar-refractivity contribution in [1.29, 1.82) is 0 Å². The zero-order valence-corrected chi connectivity index (χ0v) is 11.7. The van der Waals surface area contributed by atoms with Crippen molar-refractivity contribution < 1.29 is 9.90 Å². The number of rotatable bonds is 8. The van der Waals surface area contributed by atoms with E-state index in [1.54, 1.807) is 0 Å². The first-order chi connectivity index (χ1) is 8.67. The van der Waals surface area contributed by atoms with Gasteiger partial charge in [-0.05, 0) is 25.9 Å². The van der Waals surface area contributed by atoms with Gasteiger partial charge < -0.3 is 15.3 Å². The van der Waals surface area contributed by atoms with E-state index in [-0.39, 0.29) is 0 Å². The van der Waals surface area contributed by atoms with Crippen LogP contribution in [0.15, 0.2) is 0 Å². The SMILES string of the molecule is CCCNC(CN1CCN(CCC)CC1)C(=O)O. The highest BCUT2D eigenvalue weighted by Gasteiger charge is 2.23. The Morgan fingerprint density at radius 1 is 1.17 bits per heavy atom. The van der Waals surface area contributed by atoms with Crippen LogP contribution in [0.4, 0.5) is 0 Å². The lowest BCUT2D eigenvalue weighted by molar-refractivity contribution is -0.140. The number of aliphatic carboxylic acids is 1. The molecule has 0 bridgehead atoms. The Morgan fingerprint density at radius 3 is 2.28 bits per heavy atom. The molecule has 0 spiro atoms. The van der Waals surface area contributed by atoms with Crippen LogP contribution in [-0.4, -0.2) is 72.7 Å². The van der Waals surface area contributed by atoms with Crippen LogP contribution in [0.25, 0.3) is 0 Å². The molecule has 5 nitrogen and oxygen atoms in total. The smallest absolute Gasteiger partial charge is 0.322 e. The average molecular weight is 257 g/mol. The van der Waals surface area contributed by atoms with Crippen molar-refractivity contribution in [1.82, 2.24) is 15.1 Å². The Morgan fingerprint density at radius 2 is 1.78 bits per heavy atom.